The average Bonchev–Trinajstić information content (AvgIpc) is 3.00. The summed E-state index contributed by atoms with van der Waals surface area (Å²) in [6.07, 6.45) is 7.16. The molecule has 0 aromatic heterocycles. The molecule has 0 spiro atoms. The SMILES string of the molecule is NC1(CNS(=O)(=O)NC2CC2)CCCCC1. The third-order valence-corrected chi connectivity index (χ3v) is 4.53. The van der Waals surface area contributed by atoms with E-state index >= 15 is 0 Å². The molecule has 2 rings (SSSR count). The van der Waals surface area contributed by atoms with Crippen LogP contribution in [0.5, 0.6) is 0 Å². The molecule has 2 aliphatic rings. The number of nitrogens with two attached hydrogens (primary N) is 1. The summed E-state index contributed by atoms with van der Waals surface area (Å²) in [4.78, 5) is 0. The fraction of sp³-hybridized carbons (Fsp3) is 1.00. The Morgan fingerprint density at radius 2 is 1.81 bits per heavy atom. The predicted molar refractivity (Wildman–Crippen MR) is 63.1 cm³/mol. The molecule has 0 atom stereocenters. The van der Waals surface area contributed by atoms with Crippen molar-refractivity contribution in [1.29, 1.82) is 0 Å². The average molecular weight is 247 g/mol. The minimum Gasteiger partial charge on any atom is -0.324 e. The predicted octanol–water partition coefficient (Wildman–Crippen LogP) is 0.234. The molecule has 0 heterocycles. The highest BCUT2D eigenvalue weighted by molar-refractivity contribution is 7.87. The van der Waals surface area contributed by atoms with E-state index in [0.717, 1.165) is 38.5 Å². The quantitative estimate of drug-likeness (QED) is 0.650. The van der Waals surface area contributed by atoms with Gasteiger partial charge in [-0.2, -0.15) is 13.1 Å². The monoisotopic (exact) mass is 247 g/mol. The van der Waals surface area contributed by atoms with Gasteiger partial charge in [-0.15, -0.1) is 0 Å². The van der Waals surface area contributed by atoms with E-state index in [0.29, 0.717) is 6.54 Å². The van der Waals surface area contributed by atoms with E-state index in [1.54, 1.807) is 0 Å². The fourth-order valence-electron chi connectivity index (χ4n) is 2.13. The van der Waals surface area contributed by atoms with Gasteiger partial charge in [0, 0.05) is 18.1 Å². The number of hydrogen-bond acceptors (Lipinski definition) is 3. The Hall–Kier alpha value is -0.170. The molecule has 16 heavy (non-hydrogen) atoms. The van der Waals surface area contributed by atoms with Crippen LogP contribution >= 0.6 is 0 Å². The van der Waals surface area contributed by atoms with E-state index in [1.807, 2.05) is 0 Å². The molecule has 0 aromatic rings. The second kappa shape index (κ2) is 4.60. The van der Waals surface area contributed by atoms with Crippen LogP contribution in [-0.2, 0) is 10.2 Å². The van der Waals surface area contributed by atoms with Gasteiger partial charge in [-0.05, 0) is 25.7 Å². The second-order valence-electron chi connectivity index (χ2n) is 5.14. The zero-order valence-electron chi connectivity index (χ0n) is 9.54. The molecule has 0 amide bonds. The molecular formula is C10H21N3O2S. The molecule has 2 aliphatic carbocycles. The topological polar surface area (TPSA) is 84.2 Å². The summed E-state index contributed by atoms with van der Waals surface area (Å²) in [5, 5.41) is 0. The molecule has 0 unspecified atom stereocenters. The van der Waals surface area contributed by atoms with Crippen LogP contribution in [0.4, 0.5) is 0 Å². The highest BCUT2D eigenvalue weighted by Gasteiger charge is 2.31. The molecule has 0 aromatic carbocycles. The molecule has 2 fully saturated rings. The molecule has 0 aliphatic heterocycles. The first kappa shape index (κ1) is 12.3. The van der Waals surface area contributed by atoms with Crippen molar-refractivity contribution in [1.82, 2.24) is 9.44 Å². The Morgan fingerprint density at radius 1 is 1.19 bits per heavy atom. The van der Waals surface area contributed by atoms with Crippen LogP contribution in [-0.4, -0.2) is 26.5 Å². The third kappa shape index (κ3) is 3.69. The van der Waals surface area contributed by atoms with Crippen LogP contribution in [0.3, 0.4) is 0 Å². The fourth-order valence-corrected chi connectivity index (χ4v) is 3.37. The first-order valence-electron chi connectivity index (χ1n) is 6.05. The Labute approximate surface area is 97.3 Å². The van der Waals surface area contributed by atoms with Gasteiger partial charge in [0.05, 0.1) is 0 Å². The Balaban J connectivity index is 1.80. The van der Waals surface area contributed by atoms with E-state index < -0.39 is 10.2 Å². The smallest absolute Gasteiger partial charge is 0.277 e. The molecule has 2 saturated carbocycles. The van der Waals surface area contributed by atoms with Crippen LogP contribution in [0, 0.1) is 0 Å². The lowest BCUT2D eigenvalue weighted by Gasteiger charge is -2.33. The van der Waals surface area contributed by atoms with Crippen molar-refractivity contribution in [2.75, 3.05) is 6.54 Å². The zero-order valence-corrected chi connectivity index (χ0v) is 10.4. The van der Waals surface area contributed by atoms with Gasteiger partial charge in [0.15, 0.2) is 0 Å². The van der Waals surface area contributed by atoms with E-state index in [2.05, 4.69) is 9.44 Å². The first-order valence-corrected chi connectivity index (χ1v) is 7.53. The molecule has 0 radical (unpaired) electrons. The van der Waals surface area contributed by atoms with Gasteiger partial charge in [0.1, 0.15) is 0 Å². The van der Waals surface area contributed by atoms with E-state index in [1.165, 1.54) is 6.42 Å². The standard InChI is InChI=1S/C10H21N3O2S/c11-10(6-2-1-3-7-10)8-12-16(14,15)13-9-4-5-9/h9,12-13H,1-8,11H2. The van der Waals surface area contributed by atoms with Crippen LogP contribution in [0.2, 0.25) is 0 Å². The van der Waals surface area contributed by atoms with Gasteiger partial charge in [-0.25, -0.2) is 4.72 Å². The lowest BCUT2D eigenvalue weighted by atomic mass is 9.83. The van der Waals surface area contributed by atoms with Gasteiger partial charge >= 0.3 is 0 Å². The van der Waals surface area contributed by atoms with Crippen molar-refractivity contribution in [3.8, 4) is 0 Å². The van der Waals surface area contributed by atoms with Gasteiger partial charge in [0.2, 0.25) is 0 Å². The Morgan fingerprint density at radius 3 is 2.38 bits per heavy atom. The maximum absolute atomic E-state index is 11.6. The van der Waals surface area contributed by atoms with Gasteiger partial charge < -0.3 is 5.73 Å². The Kier molecular flexibility index (Phi) is 3.53. The lowest BCUT2D eigenvalue weighted by Crippen LogP contribution is -2.53. The summed E-state index contributed by atoms with van der Waals surface area (Å²) in [6.45, 7) is 0.356. The molecule has 0 saturated heterocycles. The summed E-state index contributed by atoms with van der Waals surface area (Å²) in [7, 11) is -3.34. The van der Waals surface area contributed by atoms with Gasteiger partial charge in [-0.3, -0.25) is 0 Å². The molecule has 6 heteroatoms. The second-order valence-corrected chi connectivity index (χ2v) is 6.67. The van der Waals surface area contributed by atoms with Crippen molar-refractivity contribution in [2.45, 2.75) is 56.5 Å². The highest BCUT2D eigenvalue weighted by Crippen LogP contribution is 2.25. The van der Waals surface area contributed by atoms with Crippen molar-refractivity contribution in [3.05, 3.63) is 0 Å². The van der Waals surface area contributed by atoms with Gasteiger partial charge in [-0.1, -0.05) is 19.3 Å². The maximum atomic E-state index is 11.6. The summed E-state index contributed by atoms with van der Waals surface area (Å²) in [5.41, 5.74) is 5.82. The Bertz CT molecular complexity index is 332. The summed E-state index contributed by atoms with van der Waals surface area (Å²) in [6, 6.07) is 0.151. The largest absolute Gasteiger partial charge is 0.324 e. The van der Waals surface area contributed by atoms with E-state index in [-0.39, 0.29) is 11.6 Å². The van der Waals surface area contributed by atoms with E-state index in [4.69, 9.17) is 5.73 Å². The first-order chi connectivity index (χ1) is 7.49. The summed E-state index contributed by atoms with van der Waals surface area (Å²) < 4.78 is 28.3. The molecule has 0 bridgehead atoms. The molecular weight excluding hydrogens is 226 g/mol. The van der Waals surface area contributed by atoms with E-state index in [9.17, 15) is 8.42 Å². The van der Waals surface area contributed by atoms with Crippen molar-refractivity contribution < 1.29 is 8.42 Å². The molecule has 94 valence electrons. The van der Waals surface area contributed by atoms with Gasteiger partial charge in [0.25, 0.3) is 10.2 Å². The zero-order chi connectivity index (χ0) is 11.6. The summed E-state index contributed by atoms with van der Waals surface area (Å²) >= 11 is 0. The lowest BCUT2D eigenvalue weighted by molar-refractivity contribution is 0.296. The van der Waals surface area contributed by atoms with Crippen LogP contribution in [0.1, 0.15) is 44.9 Å². The molecule has 4 N–H and O–H groups in total. The third-order valence-electron chi connectivity index (χ3n) is 3.36. The van der Waals surface area contributed by atoms with Crippen molar-refractivity contribution in [2.24, 2.45) is 5.73 Å². The number of nitrogens with one attached hydrogen (secondary N) is 2. The number of rotatable bonds is 5. The van der Waals surface area contributed by atoms with Crippen LogP contribution in [0.15, 0.2) is 0 Å². The van der Waals surface area contributed by atoms with Crippen molar-refractivity contribution in [3.63, 3.8) is 0 Å². The minimum absolute atomic E-state index is 0.151. The summed E-state index contributed by atoms with van der Waals surface area (Å²) in [5.74, 6) is 0. The molecule has 5 nitrogen and oxygen atoms in total. The van der Waals surface area contributed by atoms with Crippen LogP contribution < -0.4 is 15.2 Å². The van der Waals surface area contributed by atoms with Crippen molar-refractivity contribution >= 4 is 10.2 Å². The van der Waals surface area contributed by atoms with Crippen LogP contribution in [0.25, 0.3) is 0 Å². The minimum atomic E-state index is -3.34. The normalized spacial score (nSPS) is 25.6. The maximum Gasteiger partial charge on any atom is 0.277 e. The number of hydrogen-bond donors (Lipinski definition) is 3. The highest BCUT2D eigenvalue weighted by atomic mass is 32.2.